The molecule has 0 aromatic carbocycles. The first-order valence-corrected chi connectivity index (χ1v) is 8.60. The van der Waals surface area contributed by atoms with Gasteiger partial charge >= 0.3 is 0 Å². The second-order valence-corrected chi connectivity index (χ2v) is 7.94. The number of thiophene rings is 2. The molecule has 104 valence electrons. The molecule has 0 fully saturated rings. The van der Waals surface area contributed by atoms with E-state index in [9.17, 15) is 0 Å². The van der Waals surface area contributed by atoms with Crippen molar-refractivity contribution in [3.8, 4) is 32.3 Å². The van der Waals surface area contributed by atoms with Crippen LogP contribution in [0.1, 0.15) is 0 Å². The van der Waals surface area contributed by atoms with Crippen LogP contribution < -0.4 is 0 Å². The third-order valence-electron chi connectivity index (χ3n) is 3.25. The molecule has 0 unspecified atom stereocenters. The van der Waals surface area contributed by atoms with E-state index >= 15 is 0 Å². The fraction of sp³-hybridized carbons (Fsp3) is 0. The molecule has 2 nitrogen and oxygen atoms in total. The lowest BCUT2D eigenvalue weighted by atomic mass is 10.1. The number of nitrogens with zero attached hydrogens (tertiary/aromatic N) is 1. The lowest BCUT2D eigenvalue weighted by Gasteiger charge is -2.10. The highest BCUT2D eigenvalue weighted by molar-refractivity contribution is 7.19. The van der Waals surface area contributed by atoms with Crippen molar-refractivity contribution in [1.29, 1.82) is 0 Å². The van der Waals surface area contributed by atoms with E-state index in [0.717, 1.165) is 40.9 Å². The van der Waals surface area contributed by atoms with Gasteiger partial charge in [0.15, 0.2) is 0 Å². The van der Waals surface area contributed by atoms with E-state index in [1.807, 2.05) is 30.3 Å². The standard InChI is InChI=1S/C15H8Cl2N2S2/c16-12-6-4-10(20-12)14-8-2-1-3-9(8)15(19-18-14)11-5-7-13(17)21-11/h1-7,18H. The van der Waals surface area contributed by atoms with Gasteiger partial charge in [0.05, 0.1) is 24.1 Å². The van der Waals surface area contributed by atoms with Crippen LogP contribution in [0.4, 0.5) is 0 Å². The van der Waals surface area contributed by atoms with Gasteiger partial charge in [-0.3, -0.25) is 5.10 Å². The number of hydrogen-bond acceptors (Lipinski definition) is 3. The SMILES string of the molecule is Clc1ccc(-c2n[nH]c(-c3ccc(Cl)s3)c3cccc2-3)s1. The Bertz CT molecular complexity index is 820. The molecular weight excluding hydrogens is 343 g/mol. The highest BCUT2D eigenvalue weighted by Crippen LogP contribution is 2.42. The van der Waals surface area contributed by atoms with Crippen molar-refractivity contribution in [2.75, 3.05) is 0 Å². The Morgan fingerprint density at radius 1 is 0.810 bits per heavy atom. The Morgan fingerprint density at radius 2 is 1.48 bits per heavy atom. The molecule has 0 spiro atoms. The van der Waals surface area contributed by atoms with Crippen LogP contribution in [-0.2, 0) is 0 Å². The van der Waals surface area contributed by atoms with Crippen molar-refractivity contribution >= 4 is 45.9 Å². The molecule has 0 amide bonds. The first kappa shape index (κ1) is 13.3. The quantitative estimate of drug-likeness (QED) is 0.452. The number of rotatable bonds is 2. The van der Waals surface area contributed by atoms with Crippen LogP contribution >= 0.6 is 45.9 Å². The molecule has 2 aromatic heterocycles. The van der Waals surface area contributed by atoms with Crippen LogP contribution in [-0.4, -0.2) is 10.2 Å². The zero-order chi connectivity index (χ0) is 14.4. The van der Waals surface area contributed by atoms with Crippen LogP contribution in [0.3, 0.4) is 0 Å². The smallest absolute Gasteiger partial charge is 0.108 e. The molecule has 6 heteroatoms. The first-order chi connectivity index (χ1) is 10.2. The van der Waals surface area contributed by atoms with Crippen LogP contribution in [0.5, 0.6) is 0 Å². The van der Waals surface area contributed by atoms with E-state index in [2.05, 4.69) is 22.3 Å². The zero-order valence-electron chi connectivity index (χ0n) is 10.6. The summed E-state index contributed by atoms with van der Waals surface area (Å²) in [5.41, 5.74) is 4.19. The van der Waals surface area contributed by atoms with Gasteiger partial charge in [0.1, 0.15) is 5.69 Å². The van der Waals surface area contributed by atoms with Crippen LogP contribution in [0.2, 0.25) is 8.67 Å². The third kappa shape index (κ3) is 2.28. The molecule has 1 N–H and O–H groups in total. The Hall–Kier alpha value is -1.33. The first-order valence-electron chi connectivity index (χ1n) is 6.21. The number of fused-ring (bicyclic) bond motifs is 1. The summed E-state index contributed by atoms with van der Waals surface area (Å²) in [5.74, 6) is 0. The lowest BCUT2D eigenvalue weighted by Crippen LogP contribution is -1.94. The Morgan fingerprint density at radius 3 is 2.14 bits per heavy atom. The van der Waals surface area contributed by atoms with Crippen molar-refractivity contribution in [1.82, 2.24) is 10.2 Å². The van der Waals surface area contributed by atoms with E-state index in [1.165, 1.54) is 11.3 Å². The molecule has 0 radical (unpaired) electrons. The summed E-state index contributed by atoms with van der Waals surface area (Å²) in [5, 5.41) is 7.71. The summed E-state index contributed by atoms with van der Waals surface area (Å²) in [6.45, 7) is 0. The maximum absolute atomic E-state index is 6.04. The molecule has 3 heterocycles. The molecule has 0 atom stereocenters. The van der Waals surface area contributed by atoms with E-state index in [1.54, 1.807) is 11.3 Å². The molecule has 21 heavy (non-hydrogen) atoms. The molecule has 2 aromatic rings. The van der Waals surface area contributed by atoms with E-state index in [4.69, 9.17) is 23.2 Å². The Balaban J connectivity index is 1.92. The number of halogens is 2. The normalized spacial score (nSPS) is 11.3. The van der Waals surface area contributed by atoms with Gasteiger partial charge in [-0.1, -0.05) is 41.4 Å². The summed E-state index contributed by atoms with van der Waals surface area (Å²) < 4.78 is 1.54. The summed E-state index contributed by atoms with van der Waals surface area (Å²) in [6.07, 6.45) is 0. The number of H-pyrrole nitrogens is 1. The van der Waals surface area contributed by atoms with Gasteiger partial charge in [-0.25, -0.2) is 0 Å². The van der Waals surface area contributed by atoms with Crippen molar-refractivity contribution < 1.29 is 0 Å². The fourth-order valence-corrected chi connectivity index (χ4v) is 4.44. The van der Waals surface area contributed by atoms with Gasteiger partial charge < -0.3 is 0 Å². The molecular formula is C15H8Cl2N2S2. The highest BCUT2D eigenvalue weighted by atomic mass is 35.5. The second kappa shape index (κ2) is 5.14. The predicted molar refractivity (Wildman–Crippen MR) is 91.9 cm³/mol. The van der Waals surface area contributed by atoms with Gasteiger partial charge in [0.25, 0.3) is 0 Å². The van der Waals surface area contributed by atoms with Crippen molar-refractivity contribution in [3.05, 3.63) is 51.1 Å². The molecule has 2 aliphatic rings. The van der Waals surface area contributed by atoms with Crippen molar-refractivity contribution in [2.24, 2.45) is 0 Å². The summed E-state index contributed by atoms with van der Waals surface area (Å²) in [7, 11) is 0. The van der Waals surface area contributed by atoms with Crippen molar-refractivity contribution in [3.63, 3.8) is 0 Å². The minimum absolute atomic E-state index is 0.764. The number of hydrogen-bond donors (Lipinski definition) is 1. The molecule has 1 aliphatic carbocycles. The summed E-state index contributed by atoms with van der Waals surface area (Å²) >= 11 is 15.1. The van der Waals surface area contributed by atoms with Gasteiger partial charge in [-0.05, 0) is 24.3 Å². The summed E-state index contributed by atoms with van der Waals surface area (Å²) in [4.78, 5) is 2.14. The maximum atomic E-state index is 6.04. The molecule has 0 bridgehead atoms. The minimum Gasteiger partial charge on any atom is -0.276 e. The zero-order valence-corrected chi connectivity index (χ0v) is 13.7. The molecule has 0 saturated heterocycles. The van der Waals surface area contributed by atoms with E-state index in [-0.39, 0.29) is 0 Å². The van der Waals surface area contributed by atoms with Gasteiger partial charge in [0, 0.05) is 11.1 Å². The summed E-state index contributed by atoms with van der Waals surface area (Å²) in [6, 6.07) is 14.0. The minimum atomic E-state index is 0.764. The van der Waals surface area contributed by atoms with Crippen LogP contribution in [0, 0.1) is 0 Å². The number of nitrogens with one attached hydrogen (secondary N) is 1. The lowest BCUT2D eigenvalue weighted by molar-refractivity contribution is 1.05. The van der Waals surface area contributed by atoms with Gasteiger partial charge in [-0.15, -0.1) is 22.7 Å². The van der Waals surface area contributed by atoms with Crippen LogP contribution in [0.25, 0.3) is 32.3 Å². The van der Waals surface area contributed by atoms with E-state index in [0.29, 0.717) is 0 Å². The largest absolute Gasteiger partial charge is 0.276 e. The van der Waals surface area contributed by atoms with E-state index < -0.39 is 0 Å². The van der Waals surface area contributed by atoms with Gasteiger partial charge in [-0.2, -0.15) is 5.10 Å². The molecule has 4 rings (SSSR count). The number of aromatic amines is 1. The van der Waals surface area contributed by atoms with Crippen LogP contribution in [0.15, 0.2) is 42.5 Å². The average Bonchev–Trinajstić information content (AvgIpc) is 3.18. The second-order valence-electron chi connectivity index (χ2n) is 4.51. The number of aromatic nitrogens is 2. The van der Waals surface area contributed by atoms with Gasteiger partial charge in [0.2, 0.25) is 0 Å². The highest BCUT2D eigenvalue weighted by Gasteiger charge is 2.19. The molecule has 0 saturated carbocycles. The molecule has 1 aliphatic heterocycles. The predicted octanol–water partition coefficient (Wildman–Crippen LogP) is 6.28. The average molecular weight is 351 g/mol. The Kier molecular flexibility index (Phi) is 3.27. The maximum Gasteiger partial charge on any atom is 0.108 e. The van der Waals surface area contributed by atoms with Crippen molar-refractivity contribution in [2.45, 2.75) is 0 Å². The topological polar surface area (TPSA) is 28.7 Å². The monoisotopic (exact) mass is 350 g/mol. The fourth-order valence-electron chi connectivity index (χ4n) is 2.34. The Labute approximate surface area is 139 Å². The third-order valence-corrected chi connectivity index (χ3v) is 5.73.